The Balaban J connectivity index is 2.39. The lowest BCUT2D eigenvalue weighted by Crippen LogP contribution is -1.95. The van der Waals surface area contributed by atoms with Crippen molar-refractivity contribution in [3.63, 3.8) is 0 Å². The lowest BCUT2D eigenvalue weighted by Gasteiger charge is -2.11. The molecule has 0 saturated heterocycles. The van der Waals surface area contributed by atoms with Gasteiger partial charge in [0, 0.05) is 5.56 Å². The van der Waals surface area contributed by atoms with E-state index >= 15 is 0 Å². The number of hydrogen-bond donors (Lipinski definition) is 0. The molecule has 0 aliphatic rings. The summed E-state index contributed by atoms with van der Waals surface area (Å²) in [5.74, 6) is -1.58. The summed E-state index contributed by atoms with van der Waals surface area (Å²) in [6.07, 6.45) is 0. The van der Waals surface area contributed by atoms with Crippen molar-refractivity contribution in [3.8, 4) is 17.6 Å². The van der Waals surface area contributed by atoms with E-state index in [2.05, 4.69) is 0 Å². The lowest BCUT2D eigenvalue weighted by molar-refractivity contribution is 0.411. The van der Waals surface area contributed by atoms with E-state index in [-0.39, 0.29) is 22.9 Å². The zero-order valence-electron chi connectivity index (χ0n) is 9.66. The molecular formula is C14H8ClF2NO. The Morgan fingerprint density at radius 1 is 1.16 bits per heavy atom. The van der Waals surface area contributed by atoms with Crippen molar-refractivity contribution >= 4 is 11.6 Å². The standard InChI is InChI=1S/C14H8ClF2NO/c15-7-10-2-1-3-11(16)14(10)19-13-5-4-9(8-18)6-12(13)17/h1-6H,7H2. The van der Waals surface area contributed by atoms with Crippen LogP contribution in [0.25, 0.3) is 0 Å². The monoisotopic (exact) mass is 279 g/mol. The summed E-state index contributed by atoms with van der Waals surface area (Å²) in [4.78, 5) is 0. The molecule has 2 aromatic rings. The minimum atomic E-state index is -0.733. The van der Waals surface area contributed by atoms with Crippen LogP contribution in [0.2, 0.25) is 0 Å². The quantitative estimate of drug-likeness (QED) is 0.782. The first kappa shape index (κ1) is 13.3. The van der Waals surface area contributed by atoms with Crippen LogP contribution in [0.3, 0.4) is 0 Å². The zero-order valence-corrected chi connectivity index (χ0v) is 10.4. The molecule has 0 radical (unpaired) electrons. The highest BCUT2D eigenvalue weighted by Crippen LogP contribution is 2.31. The number of nitriles is 1. The van der Waals surface area contributed by atoms with Crippen molar-refractivity contribution in [2.24, 2.45) is 0 Å². The molecule has 0 aromatic heterocycles. The minimum Gasteiger partial charge on any atom is -0.451 e. The first-order valence-electron chi connectivity index (χ1n) is 5.36. The maximum atomic E-state index is 13.7. The molecule has 0 amide bonds. The predicted octanol–water partition coefficient (Wildman–Crippen LogP) is 4.37. The molecule has 0 N–H and O–H groups in total. The van der Waals surface area contributed by atoms with Gasteiger partial charge in [0.15, 0.2) is 23.1 Å². The molecule has 0 bridgehead atoms. The van der Waals surface area contributed by atoms with Crippen molar-refractivity contribution in [1.29, 1.82) is 5.26 Å². The van der Waals surface area contributed by atoms with Crippen LogP contribution in [0.1, 0.15) is 11.1 Å². The molecule has 2 nitrogen and oxygen atoms in total. The summed E-state index contributed by atoms with van der Waals surface area (Å²) in [5.41, 5.74) is 0.585. The molecule has 2 aromatic carbocycles. The van der Waals surface area contributed by atoms with Crippen LogP contribution in [-0.2, 0) is 5.88 Å². The fraction of sp³-hybridized carbons (Fsp3) is 0.0714. The number of rotatable bonds is 3. The number of alkyl halides is 1. The fourth-order valence-electron chi connectivity index (χ4n) is 1.54. The van der Waals surface area contributed by atoms with Gasteiger partial charge in [-0.2, -0.15) is 5.26 Å². The second-order valence-corrected chi connectivity index (χ2v) is 3.99. The van der Waals surface area contributed by atoms with E-state index < -0.39 is 11.6 Å². The third kappa shape index (κ3) is 2.83. The van der Waals surface area contributed by atoms with Crippen molar-refractivity contribution in [2.75, 3.05) is 0 Å². The summed E-state index contributed by atoms with van der Waals surface area (Å²) < 4.78 is 32.5. The van der Waals surface area contributed by atoms with Gasteiger partial charge in [0.25, 0.3) is 0 Å². The third-order valence-corrected chi connectivity index (χ3v) is 2.75. The molecule has 0 saturated carbocycles. The van der Waals surface area contributed by atoms with Crippen LogP contribution in [-0.4, -0.2) is 0 Å². The minimum absolute atomic E-state index is 0.0466. The van der Waals surface area contributed by atoms with Gasteiger partial charge in [-0.1, -0.05) is 12.1 Å². The van der Waals surface area contributed by atoms with Crippen LogP contribution >= 0.6 is 11.6 Å². The van der Waals surface area contributed by atoms with Crippen LogP contribution < -0.4 is 4.74 Å². The van der Waals surface area contributed by atoms with Crippen molar-refractivity contribution < 1.29 is 13.5 Å². The lowest BCUT2D eigenvalue weighted by atomic mass is 10.2. The van der Waals surface area contributed by atoms with Crippen molar-refractivity contribution in [2.45, 2.75) is 5.88 Å². The van der Waals surface area contributed by atoms with Crippen LogP contribution in [0.15, 0.2) is 36.4 Å². The van der Waals surface area contributed by atoms with Gasteiger partial charge in [-0.05, 0) is 24.3 Å². The van der Waals surface area contributed by atoms with Crippen molar-refractivity contribution in [3.05, 3.63) is 59.2 Å². The van der Waals surface area contributed by atoms with E-state index in [9.17, 15) is 8.78 Å². The second-order valence-electron chi connectivity index (χ2n) is 3.72. The largest absolute Gasteiger partial charge is 0.451 e. The molecule has 2 rings (SSSR count). The smallest absolute Gasteiger partial charge is 0.167 e. The van der Waals surface area contributed by atoms with Crippen LogP contribution in [0.5, 0.6) is 11.5 Å². The predicted molar refractivity (Wildman–Crippen MR) is 67.1 cm³/mol. The topological polar surface area (TPSA) is 33.0 Å². The number of benzene rings is 2. The maximum Gasteiger partial charge on any atom is 0.167 e. The van der Waals surface area contributed by atoms with Gasteiger partial charge in [0.2, 0.25) is 0 Å². The number of ether oxygens (including phenoxy) is 1. The van der Waals surface area contributed by atoms with Gasteiger partial charge >= 0.3 is 0 Å². The number of halogens is 3. The van der Waals surface area contributed by atoms with E-state index in [1.165, 1.54) is 24.3 Å². The zero-order chi connectivity index (χ0) is 13.8. The van der Waals surface area contributed by atoms with Gasteiger partial charge in [-0.15, -0.1) is 11.6 Å². The van der Waals surface area contributed by atoms with Gasteiger partial charge in [-0.25, -0.2) is 8.78 Å². The summed E-state index contributed by atoms with van der Waals surface area (Å²) in [5, 5.41) is 8.63. The summed E-state index contributed by atoms with van der Waals surface area (Å²) in [7, 11) is 0. The Labute approximate surface area is 113 Å². The van der Waals surface area contributed by atoms with Crippen LogP contribution in [0, 0.1) is 23.0 Å². The molecule has 0 spiro atoms. The van der Waals surface area contributed by atoms with Crippen LogP contribution in [0.4, 0.5) is 8.78 Å². The maximum absolute atomic E-state index is 13.7. The molecular weight excluding hydrogens is 272 g/mol. The normalized spacial score (nSPS) is 10.0. The second kappa shape index (κ2) is 5.68. The van der Waals surface area contributed by atoms with E-state index in [1.807, 2.05) is 0 Å². The van der Waals surface area contributed by atoms with Gasteiger partial charge in [-0.3, -0.25) is 0 Å². The SMILES string of the molecule is N#Cc1ccc(Oc2c(F)cccc2CCl)c(F)c1. The highest BCUT2D eigenvalue weighted by molar-refractivity contribution is 6.17. The molecule has 96 valence electrons. The molecule has 0 fully saturated rings. The number of hydrogen-bond acceptors (Lipinski definition) is 2. The molecule has 0 aliphatic heterocycles. The average Bonchev–Trinajstić information content (AvgIpc) is 2.42. The number of para-hydroxylation sites is 1. The Hall–Kier alpha value is -2.12. The van der Waals surface area contributed by atoms with Gasteiger partial charge in [0.05, 0.1) is 17.5 Å². The Morgan fingerprint density at radius 3 is 2.58 bits per heavy atom. The summed E-state index contributed by atoms with van der Waals surface area (Å²) in [6, 6.07) is 9.78. The highest BCUT2D eigenvalue weighted by atomic mass is 35.5. The Morgan fingerprint density at radius 2 is 1.95 bits per heavy atom. The third-order valence-electron chi connectivity index (χ3n) is 2.47. The van der Waals surface area contributed by atoms with E-state index in [4.69, 9.17) is 21.6 Å². The summed E-state index contributed by atoms with van der Waals surface area (Å²) in [6.45, 7) is 0. The first-order valence-corrected chi connectivity index (χ1v) is 5.90. The van der Waals surface area contributed by atoms with Gasteiger partial charge in [0.1, 0.15) is 0 Å². The number of nitrogens with zero attached hydrogens (tertiary/aromatic N) is 1. The Kier molecular flexibility index (Phi) is 3.98. The highest BCUT2D eigenvalue weighted by Gasteiger charge is 2.13. The average molecular weight is 280 g/mol. The molecule has 5 heteroatoms. The molecule has 0 aliphatic carbocycles. The fourth-order valence-corrected chi connectivity index (χ4v) is 1.75. The molecule has 0 atom stereocenters. The summed E-state index contributed by atoms with van der Waals surface area (Å²) >= 11 is 5.67. The van der Waals surface area contributed by atoms with E-state index in [0.29, 0.717) is 5.56 Å². The van der Waals surface area contributed by atoms with Crippen molar-refractivity contribution in [1.82, 2.24) is 0 Å². The molecule has 0 unspecified atom stereocenters. The molecule has 0 heterocycles. The molecule has 19 heavy (non-hydrogen) atoms. The van der Waals surface area contributed by atoms with E-state index in [1.54, 1.807) is 12.1 Å². The van der Waals surface area contributed by atoms with E-state index in [0.717, 1.165) is 6.07 Å². The Bertz CT molecular complexity index is 652. The van der Waals surface area contributed by atoms with Gasteiger partial charge < -0.3 is 4.74 Å². The first-order chi connectivity index (χ1) is 9.15.